The van der Waals surface area contributed by atoms with Crippen molar-refractivity contribution in [2.45, 2.75) is 6.92 Å². The van der Waals surface area contributed by atoms with Gasteiger partial charge in [-0.3, -0.25) is 0 Å². The summed E-state index contributed by atoms with van der Waals surface area (Å²) in [5, 5.41) is 7.33. The molecular formula is C50H35N3. The maximum Gasteiger partial charge on any atom is 0.0788 e. The van der Waals surface area contributed by atoms with E-state index < -0.39 is 0 Å². The predicted molar refractivity (Wildman–Crippen MR) is 225 cm³/mol. The summed E-state index contributed by atoms with van der Waals surface area (Å²) in [5.74, 6) is 0. The SMILES string of the molecule is C=C(/C=C\C)c1cc(-n2c3ccccc3c3ccc4c5ccccc5n(-c5cccc(-c6ccc7ccccc7c6)c5)c4c32)cc(-c2ccccc2)n1. The number of fused-ring (bicyclic) bond motifs is 8. The van der Waals surface area contributed by atoms with Crippen LogP contribution in [0.3, 0.4) is 0 Å². The molecule has 0 N–H and O–H groups in total. The van der Waals surface area contributed by atoms with Gasteiger partial charge < -0.3 is 9.13 Å². The smallest absolute Gasteiger partial charge is 0.0788 e. The van der Waals surface area contributed by atoms with Crippen LogP contribution in [0.2, 0.25) is 0 Å². The van der Waals surface area contributed by atoms with Gasteiger partial charge in [-0.1, -0.05) is 146 Å². The average molecular weight is 678 g/mol. The van der Waals surface area contributed by atoms with Crippen molar-refractivity contribution in [1.82, 2.24) is 14.1 Å². The first kappa shape index (κ1) is 30.8. The van der Waals surface area contributed by atoms with Crippen LogP contribution in [0.25, 0.3) is 93.7 Å². The Labute approximate surface area is 308 Å². The van der Waals surface area contributed by atoms with Crippen molar-refractivity contribution < 1.29 is 0 Å². The van der Waals surface area contributed by atoms with Gasteiger partial charge in [-0.2, -0.15) is 0 Å². The van der Waals surface area contributed by atoms with Gasteiger partial charge in [0.05, 0.1) is 39.1 Å². The second kappa shape index (κ2) is 12.4. The Bertz CT molecular complexity index is 3080. The lowest BCUT2D eigenvalue weighted by Gasteiger charge is -2.15. The summed E-state index contributed by atoms with van der Waals surface area (Å²) in [4.78, 5) is 5.14. The highest BCUT2D eigenvalue weighted by Crippen LogP contribution is 2.42. The zero-order valence-electron chi connectivity index (χ0n) is 29.4. The molecule has 10 aromatic rings. The van der Waals surface area contributed by atoms with Crippen molar-refractivity contribution in [3.63, 3.8) is 0 Å². The van der Waals surface area contributed by atoms with E-state index in [1.807, 2.05) is 25.1 Å². The minimum absolute atomic E-state index is 0.848. The first-order valence-electron chi connectivity index (χ1n) is 18.1. The predicted octanol–water partition coefficient (Wildman–Crippen LogP) is 13.4. The molecule has 0 saturated heterocycles. The maximum atomic E-state index is 5.14. The average Bonchev–Trinajstić information content (AvgIpc) is 3.74. The number of nitrogens with zero attached hydrogens (tertiary/aromatic N) is 3. The summed E-state index contributed by atoms with van der Waals surface area (Å²) in [6, 6.07) is 61.3. The third kappa shape index (κ3) is 5.01. The van der Waals surface area contributed by atoms with E-state index >= 15 is 0 Å². The molecule has 3 aromatic heterocycles. The zero-order chi connectivity index (χ0) is 35.5. The molecule has 0 aliphatic carbocycles. The Kier molecular flexibility index (Phi) is 7.19. The van der Waals surface area contributed by atoms with Gasteiger partial charge in [0.1, 0.15) is 0 Å². The summed E-state index contributed by atoms with van der Waals surface area (Å²) in [7, 11) is 0. The van der Waals surface area contributed by atoms with E-state index in [9.17, 15) is 0 Å². The fourth-order valence-electron chi connectivity index (χ4n) is 8.08. The molecule has 3 nitrogen and oxygen atoms in total. The van der Waals surface area contributed by atoms with E-state index in [2.05, 4.69) is 180 Å². The van der Waals surface area contributed by atoms with Crippen LogP contribution in [-0.2, 0) is 0 Å². The first-order valence-corrected chi connectivity index (χ1v) is 18.1. The molecule has 0 bridgehead atoms. The van der Waals surface area contributed by atoms with Gasteiger partial charge in [0.25, 0.3) is 0 Å². The highest BCUT2D eigenvalue weighted by molar-refractivity contribution is 6.23. The molecule has 10 rings (SSSR count). The summed E-state index contributed by atoms with van der Waals surface area (Å²) in [5.41, 5.74) is 12.9. The van der Waals surface area contributed by atoms with Gasteiger partial charge in [0, 0.05) is 32.8 Å². The Morgan fingerprint density at radius 3 is 1.81 bits per heavy atom. The van der Waals surface area contributed by atoms with Crippen molar-refractivity contribution in [3.05, 3.63) is 194 Å². The largest absolute Gasteiger partial charge is 0.307 e. The zero-order valence-corrected chi connectivity index (χ0v) is 29.4. The number of para-hydroxylation sites is 2. The minimum Gasteiger partial charge on any atom is -0.307 e. The second-order valence-electron chi connectivity index (χ2n) is 13.7. The van der Waals surface area contributed by atoms with E-state index in [0.717, 1.165) is 44.9 Å². The number of allylic oxidation sites excluding steroid dienone is 3. The number of aromatic nitrogens is 3. The van der Waals surface area contributed by atoms with E-state index in [1.54, 1.807) is 0 Å². The second-order valence-corrected chi connectivity index (χ2v) is 13.7. The molecule has 3 heterocycles. The topological polar surface area (TPSA) is 22.8 Å². The monoisotopic (exact) mass is 677 g/mol. The Morgan fingerprint density at radius 2 is 1.09 bits per heavy atom. The molecule has 53 heavy (non-hydrogen) atoms. The number of hydrogen-bond acceptors (Lipinski definition) is 1. The fraction of sp³-hybridized carbons (Fsp3) is 0.0200. The Balaban J connectivity index is 1.31. The number of hydrogen-bond donors (Lipinski definition) is 0. The van der Waals surface area contributed by atoms with Crippen LogP contribution in [0, 0.1) is 0 Å². The van der Waals surface area contributed by atoms with Crippen molar-refractivity contribution in [3.8, 4) is 33.8 Å². The van der Waals surface area contributed by atoms with Crippen molar-refractivity contribution >= 4 is 60.0 Å². The third-order valence-electron chi connectivity index (χ3n) is 10.5. The molecule has 0 atom stereocenters. The third-order valence-corrected chi connectivity index (χ3v) is 10.5. The molecule has 250 valence electrons. The Hall–Kier alpha value is -6.97. The van der Waals surface area contributed by atoms with E-state index in [4.69, 9.17) is 4.98 Å². The van der Waals surface area contributed by atoms with E-state index in [0.29, 0.717) is 0 Å². The molecule has 0 aliphatic heterocycles. The lowest BCUT2D eigenvalue weighted by Crippen LogP contribution is -2.01. The van der Waals surface area contributed by atoms with Crippen molar-refractivity contribution in [2.24, 2.45) is 0 Å². The van der Waals surface area contributed by atoms with Gasteiger partial charge in [-0.15, -0.1) is 0 Å². The summed E-state index contributed by atoms with van der Waals surface area (Å²) < 4.78 is 4.90. The van der Waals surface area contributed by atoms with E-state index in [1.165, 1.54) is 54.5 Å². The van der Waals surface area contributed by atoms with Crippen molar-refractivity contribution in [2.75, 3.05) is 0 Å². The summed E-state index contributed by atoms with van der Waals surface area (Å²) in [6.07, 6.45) is 4.05. The molecule has 0 saturated carbocycles. The quantitative estimate of drug-likeness (QED) is 0.161. The van der Waals surface area contributed by atoms with Crippen LogP contribution in [0.1, 0.15) is 12.6 Å². The van der Waals surface area contributed by atoms with Crippen LogP contribution in [0.4, 0.5) is 0 Å². The number of pyridine rings is 1. The summed E-state index contributed by atoms with van der Waals surface area (Å²) in [6.45, 7) is 6.43. The standard InChI is InChI=1S/C50H35N3/c1-3-14-33(2)45-31-40(32-46(51-45)35-16-5-4-6-17-35)53-48-24-12-10-22-42(48)44-28-27-43-41-21-9-11-23-47(41)52(49(43)50(44)53)39-20-13-19-37(30-39)38-26-25-34-15-7-8-18-36(34)29-38/h3-32H,2H2,1H3/b14-3-. The molecule has 0 radical (unpaired) electrons. The van der Waals surface area contributed by atoms with Gasteiger partial charge in [-0.25, -0.2) is 4.98 Å². The van der Waals surface area contributed by atoms with Gasteiger partial charge in [0.2, 0.25) is 0 Å². The van der Waals surface area contributed by atoms with Crippen LogP contribution < -0.4 is 0 Å². The number of rotatable bonds is 6. The lowest BCUT2D eigenvalue weighted by molar-refractivity contribution is 1.13. The first-order chi connectivity index (χ1) is 26.2. The van der Waals surface area contributed by atoms with Crippen LogP contribution >= 0.6 is 0 Å². The molecule has 0 unspecified atom stereocenters. The fourth-order valence-corrected chi connectivity index (χ4v) is 8.08. The van der Waals surface area contributed by atoms with Gasteiger partial charge in [0.15, 0.2) is 0 Å². The molecular weight excluding hydrogens is 643 g/mol. The molecule has 7 aromatic carbocycles. The van der Waals surface area contributed by atoms with E-state index in [-0.39, 0.29) is 0 Å². The van der Waals surface area contributed by atoms with Gasteiger partial charge >= 0.3 is 0 Å². The molecule has 0 spiro atoms. The number of benzene rings is 7. The van der Waals surface area contributed by atoms with Crippen molar-refractivity contribution in [1.29, 1.82) is 0 Å². The molecule has 0 aliphatic rings. The maximum absolute atomic E-state index is 5.14. The van der Waals surface area contributed by atoms with Crippen LogP contribution in [0.5, 0.6) is 0 Å². The normalized spacial score (nSPS) is 11.9. The van der Waals surface area contributed by atoms with Crippen LogP contribution in [-0.4, -0.2) is 14.1 Å². The summed E-state index contributed by atoms with van der Waals surface area (Å²) >= 11 is 0. The molecule has 3 heteroatoms. The molecule has 0 fully saturated rings. The minimum atomic E-state index is 0.848. The van der Waals surface area contributed by atoms with Gasteiger partial charge in [-0.05, 0) is 76.9 Å². The Morgan fingerprint density at radius 1 is 0.491 bits per heavy atom. The van der Waals surface area contributed by atoms with Crippen LogP contribution in [0.15, 0.2) is 189 Å². The molecule has 0 amide bonds. The lowest BCUT2D eigenvalue weighted by atomic mass is 10.0. The highest BCUT2D eigenvalue weighted by Gasteiger charge is 2.22. The highest BCUT2D eigenvalue weighted by atomic mass is 15.0.